The average Bonchev–Trinajstić information content (AvgIpc) is 3.55. The number of ether oxygens (including phenoxy) is 3. The molecule has 16 nitrogen and oxygen atoms in total. The van der Waals surface area contributed by atoms with Gasteiger partial charge in [0.1, 0.15) is 11.2 Å². The van der Waals surface area contributed by atoms with E-state index in [4.69, 9.17) is 18.6 Å². The van der Waals surface area contributed by atoms with Crippen LogP contribution in [0.2, 0.25) is 0 Å². The van der Waals surface area contributed by atoms with E-state index < -0.39 is 47.4 Å². The Kier molecular flexibility index (Phi) is 19.2. The first-order valence-corrected chi connectivity index (χ1v) is 20.5. The van der Waals surface area contributed by atoms with Crippen molar-refractivity contribution in [1.82, 2.24) is 15.5 Å². The number of rotatable bonds is 23. The van der Waals surface area contributed by atoms with E-state index >= 15 is 0 Å². The number of hydrogen-bond acceptors (Lipinski definition) is 12. The van der Waals surface area contributed by atoms with Gasteiger partial charge >= 0.3 is 12.1 Å². The Bertz CT molecular complexity index is 1630. The number of carbonyl (C=O) groups excluding carboxylic acids is 4. The van der Waals surface area contributed by atoms with E-state index in [2.05, 4.69) is 41.5 Å². The van der Waals surface area contributed by atoms with E-state index in [0.29, 0.717) is 45.4 Å². The van der Waals surface area contributed by atoms with Gasteiger partial charge in [-0.2, -0.15) is 0 Å². The SMILES string of the molecule is COCCCc1coc2ccc(C[C@@H](C[C@H](NC(=O)OC(C)(C)C)[C@@H](O)C[C@H](C(=O)NC3CCN(C(=O)COC(=O)CCCO[N+](=O)[O-])CC3)C(C)C)C(C)C)cc12. The first-order valence-electron chi connectivity index (χ1n) is 20.5. The molecule has 0 unspecified atom stereocenters. The quantitative estimate of drug-likeness (QED) is 0.0528. The van der Waals surface area contributed by atoms with Crippen LogP contribution < -0.4 is 10.6 Å². The zero-order valence-corrected chi connectivity index (χ0v) is 35.6. The Morgan fingerprint density at radius 2 is 1.74 bits per heavy atom. The van der Waals surface area contributed by atoms with Crippen LogP contribution in [-0.4, -0.2) is 103 Å². The lowest BCUT2D eigenvalue weighted by atomic mass is 9.80. The highest BCUT2D eigenvalue weighted by atomic mass is 16.9. The number of furan rings is 1. The number of nitrogens with zero attached hydrogens (tertiary/aromatic N) is 2. The molecule has 16 heteroatoms. The number of alkyl carbamates (subject to hydrolysis) is 1. The lowest BCUT2D eigenvalue weighted by Gasteiger charge is -2.35. The first-order chi connectivity index (χ1) is 27.4. The molecule has 1 aromatic carbocycles. The molecule has 0 spiro atoms. The molecule has 326 valence electrons. The van der Waals surface area contributed by atoms with Crippen molar-refractivity contribution in [2.75, 3.05) is 40.0 Å². The summed E-state index contributed by atoms with van der Waals surface area (Å²) >= 11 is 0. The minimum atomic E-state index is -1.06. The van der Waals surface area contributed by atoms with E-state index in [-0.39, 0.29) is 61.5 Å². The van der Waals surface area contributed by atoms with Gasteiger partial charge in [-0.1, -0.05) is 33.8 Å². The van der Waals surface area contributed by atoms with E-state index in [1.165, 1.54) is 0 Å². The van der Waals surface area contributed by atoms with Crippen LogP contribution in [0.1, 0.15) is 105 Å². The van der Waals surface area contributed by atoms with E-state index in [1.807, 2.05) is 26.2 Å². The maximum Gasteiger partial charge on any atom is 0.407 e. The number of hydrogen-bond donors (Lipinski definition) is 3. The number of benzene rings is 1. The molecule has 1 saturated heterocycles. The van der Waals surface area contributed by atoms with Gasteiger partial charge in [-0.25, -0.2) is 4.79 Å². The molecule has 3 rings (SSSR count). The molecular formula is C42H66N4O12. The molecule has 3 amide bonds. The largest absolute Gasteiger partial charge is 0.464 e. The monoisotopic (exact) mass is 818 g/mol. The summed E-state index contributed by atoms with van der Waals surface area (Å²) in [7, 11) is 1.69. The maximum absolute atomic E-state index is 13.8. The summed E-state index contributed by atoms with van der Waals surface area (Å²) in [5, 5.41) is 28.3. The molecule has 58 heavy (non-hydrogen) atoms. The fourth-order valence-electron chi connectivity index (χ4n) is 7.20. The average molecular weight is 819 g/mol. The number of piperidine rings is 1. The number of nitrogens with one attached hydrogen (secondary N) is 2. The number of esters is 1. The van der Waals surface area contributed by atoms with Crippen LogP contribution in [0, 0.1) is 33.8 Å². The molecule has 0 saturated carbocycles. The fourth-order valence-corrected chi connectivity index (χ4v) is 7.20. The van der Waals surface area contributed by atoms with Crippen LogP contribution in [0.15, 0.2) is 28.9 Å². The summed E-state index contributed by atoms with van der Waals surface area (Å²) in [5.74, 6) is -1.65. The van der Waals surface area contributed by atoms with Crippen LogP contribution in [0.3, 0.4) is 0 Å². The molecule has 1 aliphatic heterocycles. The number of likely N-dealkylation sites (tertiary alicyclic amines) is 1. The van der Waals surface area contributed by atoms with Crippen molar-refractivity contribution < 1.29 is 52.8 Å². The predicted octanol–water partition coefficient (Wildman–Crippen LogP) is 5.77. The van der Waals surface area contributed by atoms with E-state index in [1.54, 1.807) is 32.8 Å². The highest BCUT2D eigenvalue weighted by Crippen LogP contribution is 2.30. The number of fused-ring (bicyclic) bond motifs is 1. The molecule has 0 bridgehead atoms. The second-order valence-corrected chi connectivity index (χ2v) is 17.0. The van der Waals surface area contributed by atoms with Gasteiger partial charge in [0, 0.05) is 50.6 Å². The minimum Gasteiger partial charge on any atom is -0.464 e. The fraction of sp³-hybridized carbons (Fsp3) is 0.714. The second-order valence-electron chi connectivity index (χ2n) is 17.0. The number of aliphatic hydroxyl groups excluding tert-OH is 1. The van der Waals surface area contributed by atoms with Crippen molar-refractivity contribution in [2.45, 2.75) is 130 Å². The van der Waals surface area contributed by atoms with Crippen LogP contribution in [0.25, 0.3) is 11.0 Å². The van der Waals surface area contributed by atoms with Crippen LogP contribution in [0.4, 0.5) is 4.79 Å². The standard InChI is InChI=1S/C42H66N4O12/c1-27(2)31(21-29-13-14-37-34(22-29)30(25-55-37)11-9-19-54-8)23-35(44-41(51)58-42(5,6)7)36(47)24-33(28(3)4)40(50)43-32-15-17-45(18-16-32)38(48)26-56-39(49)12-10-20-57-46(52)53/h13-14,22,25,27-28,31-33,35-36,47H,9-12,15-21,23-24,26H2,1-8H3,(H,43,50)(H,44,51)/t31-,33-,35-,36-/m0/s1. The number of carbonyl (C=O) groups is 4. The summed E-state index contributed by atoms with van der Waals surface area (Å²) in [6, 6.07) is 5.32. The number of amides is 3. The molecule has 1 fully saturated rings. The van der Waals surface area contributed by atoms with Crippen molar-refractivity contribution in [1.29, 1.82) is 0 Å². The van der Waals surface area contributed by atoms with Gasteiger partial charge in [0.15, 0.2) is 6.61 Å². The molecule has 3 N–H and O–H groups in total. The van der Waals surface area contributed by atoms with Gasteiger partial charge in [-0.3, -0.25) is 14.4 Å². The van der Waals surface area contributed by atoms with Crippen molar-refractivity contribution in [3.05, 3.63) is 45.7 Å². The summed E-state index contributed by atoms with van der Waals surface area (Å²) in [6.45, 7) is 14.2. The third-order valence-electron chi connectivity index (χ3n) is 10.6. The van der Waals surface area contributed by atoms with Gasteiger partial charge in [-0.15, -0.1) is 10.1 Å². The normalized spacial score (nSPS) is 15.8. The summed E-state index contributed by atoms with van der Waals surface area (Å²) in [5.41, 5.74) is 2.33. The third-order valence-corrected chi connectivity index (χ3v) is 10.6. The third kappa shape index (κ3) is 16.4. The maximum atomic E-state index is 13.8. The number of methoxy groups -OCH3 is 1. The zero-order chi connectivity index (χ0) is 43.0. The van der Waals surface area contributed by atoms with Gasteiger partial charge < -0.3 is 44.1 Å². The Hall–Kier alpha value is -4.44. The summed E-state index contributed by atoms with van der Waals surface area (Å²) in [4.78, 5) is 67.5. The Morgan fingerprint density at radius 1 is 1.03 bits per heavy atom. The number of aliphatic hydroxyl groups is 1. The van der Waals surface area contributed by atoms with Crippen molar-refractivity contribution in [2.24, 2.45) is 23.7 Å². The molecular weight excluding hydrogens is 752 g/mol. The van der Waals surface area contributed by atoms with Crippen molar-refractivity contribution >= 4 is 34.8 Å². The molecule has 4 atom stereocenters. The lowest BCUT2D eigenvalue weighted by molar-refractivity contribution is -0.757. The smallest absolute Gasteiger partial charge is 0.407 e. The molecule has 2 heterocycles. The van der Waals surface area contributed by atoms with E-state index in [0.717, 1.165) is 34.9 Å². The van der Waals surface area contributed by atoms with Gasteiger partial charge in [-0.05, 0) is 113 Å². The van der Waals surface area contributed by atoms with E-state index in [9.17, 15) is 34.4 Å². The van der Waals surface area contributed by atoms with Crippen molar-refractivity contribution in [3.63, 3.8) is 0 Å². The highest BCUT2D eigenvalue weighted by molar-refractivity contribution is 5.82. The second kappa shape index (κ2) is 23.2. The Balaban J connectivity index is 1.64. The predicted molar refractivity (Wildman–Crippen MR) is 216 cm³/mol. The molecule has 2 aromatic rings. The highest BCUT2D eigenvalue weighted by Gasteiger charge is 2.35. The summed E-state index contributed by atoms with van der Waals surface area (Å²) < 4.78 is 21.7. The zero-order valence-electron chi connectivity index (χ0n) is 35.6. The first kappa shape index (κ1) is 47.9. The Labute approximate surface area is 342 Å². The molecule has 1 aliphatic rings. The van der Waals surface area contributed by atoms with Crippen LogP contribution >= 0.6 is 0 Å². The summed E-state index contributed by atoms with van der Waals surface area (Å²) in [6.07, 6.45) is 4.07. The van der Waals surface area contributed by atoms with Crippen LogP contribution in [-0.2, 0) is 46.3 Å². The van der Waals surface area contributed by atoms with Crippen LogP contribution in [0.5, 0.6) is 0 Å². The minimum absolute atomic E-state index is 0.0639. The van der Waals surface area contributed by atoms with Crippen molar-refractivity contribution in [3.8, 4) is 0 Å². The van der Waals surface area contributed by atoms with Gasteiger partial charge in [0.2, 0.25) is 5.91 Å². The molecule has 1 aromatic heterocycles. The Morgan fingerprint density at radius 3 is 2.36 bits per heavy atom. The molecule has 0 radical (unpaired) electrons. The van der Waals surface area contributed by atoms with Gasteiger partial charge in [0.05, 0.1) is 25.0 Å². The topological polar surface area (TPSA) is 209 Å². The molecule has 0 aliphatic carbocycles. The number of aryl methyl sites for hydroxylation is 1. The van der Waals surface area contributed by atoms with Gasteiger partial charge in [0.25, 0.3) is 11.0 Å². The lowest BCUT2D eigenvalue weighted by Crippen LogP contribution is -2.51.